The van der Waals surface area contributed by atoms with Crippen LogP contribution in [0.25, 0.3) is 0 Å². The molecule has 1 fully saturated rings. The number of nitrogens with one attached hydrogen (secondary N) is 1. The van der Waals surface area contributed by atoms with E-state index in [2.05, 4.69) is 5.32 Å². The molecule has 0 aliphatic heterocycles. The summed E-state index contributed by atoms with van der Waals surface area (Å²) in [6.45, 7) is 1.99. The fourth-order valence-electron chi connectivity index (χ4n) is 2.05. The number of hydrogen-bond acceptors (Lipinski definition) is 2. The van der Waals surface area contributed by atoms with Crippen LogP contribution in [0.15, 0.2) is 0 Å². The van der Waals surface area contributed by atoms with Crippen molar-refractivity contribution in [2.45, 2.75) is 38.5 Å². The summed E-state index contributed by atoms with van der Waals surface area (Å²) in [4.78, 5) is 11.7. The minimum Gasteiger partial charge on any atom is -0.380 e. The van der Waals surface area contributed by atoms with Crippen molar-refractivity contribution in [3.05, 3.63) is 0 Å². The maximum absolute atomic E-state index is 11.7. The minimum atomic E-state index is 0.233. The van der Waals surface area contributed by atoms with Crippen molar-refractivity contribution in [1.29, 1.82) is 0 Å². The lowest BCUT2D eigenvalue weighted by atomic mass is 9.89. The number of carbonyl (C=O) groups excluding carboxylic acids is 1. The Hall–Kier alpha value is -0.280. The zero-order valence-corrected chi connectivity index (χ0v) is 10.6. The lowest BCUT2D eigenvalue weighted by Gasteiger charge is -2.20. The second-order valence-electron chi connectivity index (χ2n) is 4.28. The normalized spacial score (nSPS) is 17.3. The molecule has 0 heterocycles. The molecule has 0 saturated heterocycles. The Balaban J connectivity index is 1.97. The first-order valence-electron chi connectivity index (χ1n) is 6.26. The standard InChI is InChI=1S/C12H22ClNO2/c13-7-10-16-9-4-8-14-12(15)11-5-2-1-3-6-11/h11H,1-10H2,(H,14,15). The predicted octanol–water partition coefficient (Wildman–Crippen LogP) is 2.33. The average Bonchev–Trinajstić information content (AvgIpc) is 2.34. The van der Waals surface area contributed by atoms with E-state index in [4.69, 9.17) is 16.3 Å². The summed E-state index contributed by atoms with van der Waals surface area (Å²) >= 11 is 5.47. The average molecular weight is 248 g/mol. The molecular formula is C12H22ClNO2. The first kappa shape index (κ1) is 13.8. The molecule has 1 aliphatic carbocycles. The molecule has 4 heteroatoms. The van der Waals surface area contributed by atoms with Gasteiger partial charge in [0.1, 0.15) is 0 Å². The lowest BCUT2D eigenvalue weighted by molar-refractivity contribution is -0.125. The van der Waals surface area contributed by atoms with Crippen LogP contribution in [0.5, 0.6) is 0 Å². The van der Waals surface area contributed by atoms with Gasteiger partial charge in [0.05, 0.1) is 6.61 Å². The second-order valence-corrected chi connectivity index (χ2v) is 4.66. The van der Waals surface area contributed by atoms with E-state index < -0.39 is 0 Å². The fourth-order valence-corrected chi connectivity index (χ4v) is 2.16. The SMILES string of the molecule is O=C(NCCCOCCCl)C1CCCCC1. The van der Waals surface area contributed by atoms with Crippen LogP contribution < -0.4 is 5.32 Å². The molecule has 1 saturated carbocycles. The lowest BCUT2D eigenvalue weighted by Crippen LogP contribution is -2.33. The van der Waals surface area contributed by atoms with Gasteiger partial charge >= 0.3 is 0 Å². The molecular weight excluding hydrogens is 226 g/mol. The van der Waals surface area contributed by atoms with Crippen molar-refractivity contribution >= 4 is 17.5 Å². The van der Waals surface area contributed by atoms with Gasteiger partial charge in [0.15, 0.2) is 0 Å². The second kappa shape index (κ2) is 8.82. The highest BCUT2D eigenvalue weighted by Gasteiger charge is 2.20. The first-order valence-corrected chi connectivity index (χ1v) is 6.79. The largest absolute Gasteiger partial charge is 0.380 e. The van der Waals surface area contributed by atoms with Crippen LogP contribution in [0.1, 0.15) is 38.5 Å². The Kier molecular flexibility index (Phi) is 7.60. The molecule has 0 aromatic rings. The maximum Gasteiger partial charge on any atom is 0.223 e. The molecule has 0 spiro atoms. The van der Waals surface area contributed by atoms with Gasteiger partial charge < -0.3 is 10.1 Å². The maximum atomic E-state index is 11.7. The highest BCUT2D eigenvalue weighted by Crippen LogP contribution is 2.23. The molecule has 0 unspecified atom stereocenters. The molecule has 16 heavy (non-hydrogen) atoms. The van der Waals surface area contributed by atoms with E-state index in [-0.39, 0.29) is 11.8 Å². The van der Waals surface area contributed by atoms with Gasteiger partial charge in [-0.15, -0.1) is 11.6 Å². The molecule has 0 radical (unpaired) electrons. The van der Waals surface area contributed by atoms with E-state index in [0.29, 0.717) is 19.1 Å². The minimum absolute atomic E-state index is 0.233. The van der Waals surface area contributed by atoms with Gasteiger partial charge in [0.25, 0.3) is 0 Å². The molecule has 94 valence electrons. The summed E-state index contributed by atoms with van der Waals surface area (Å²) in [5.74, 6) is 1.03. The Labute approximate surface area is 103 Å². The van der Waals surface area contributed by atoms with Crippen LogP contribution in [0, 0.1) is 5.92 Å². The molecule has 1 rings (SSSR count). The van der Waals surface area contributed by atoms with Crippen LogP contribution in [0.3, 0.4) is 0 Å². The van der Waals surface area contributed by atoms with Crippen molar-refractivity contribution < 1.29 is 9.53 Å². The van der Waals surface area contributed by atoms with Gasteiger partial charge in [-0.2, -0.15) is 0 Å². The molecule has 0 aromatic carbocycles. The third-order valence-electron chi connectivity index (χ3n) is 2.96. The van der Waals surface area contributed by atoms with Gasteiger partial charge in [-0.25, -0.2) is 0 Å². The van der Waals surface area contributed by atoms with Crippen molar-refractivity contribution in [3.63, 3.8) is 0 Å². The molecule has 3 nitrogen and oxygen atoms in total. The monoisotopic (exact) mass is 247 g/mol. The van der Waals surface area contributed by atoms with Crippen LogP contribution in [0.2, 0.25) is 0 Å². The van der Waals surface area contributed by atoms with Gasteiger partial charge in [0.2, 0.25) is 5.91 Å². The fraction of sp³-hybridized carbons (Fsp3) is 0.917. The number of ether oxygens (including phenoxy) is 1. The summed E-state index contributed by atoms with van der Waals surface area (Å²) in [5.41, 5.74) is 0. The predicted molar refractivity (Wildman–Crippen MR) is 65.7 cm³/mol. The first-order chi connectivity index (χ1) is 7.84. The van der Waals surface area contributed by atoms with Crippen LogP contribution in [-0.2, 0) is 9.53 Å². The summed E-state index contributed by atoms with van der Waals surface area (Å²) in [7, 11) is 0. The smallest absolute Gasteiger partial charge is 0.223 e. The molecule has 0 aromatic heterocycles. The number of alkyl halides is 1. The van der Waals surface area contributed by atoms with E-state index in [1.54, 1.807) is 0 Å². The third kappa shape index (κ3) is 5.71. The van der Waals surface area contributed by atoms with E-state index in [1.165, 1.54) is 19.3 Å². The Bertz CT molecular complexity index is 193. The number of amides is 1. The summed E-state index contributed by atoms with van der Waals surface area (Å²) in [5, 5.41) is 2.98. The van der Waals surface area contributed by atoms with Crippen molar-refractivity contribution in [2.75, 3.05) is 25.6 Å². The van der Waals surface area contributed by atoms with Gasteiger partial charge in [-0.3, -0.25) is 4.79 Å². The van der Waals surface area contributed by atoms with Crippen LogP contribution in [-0.4, -0.2) is 31.5 Å². The Morgan fingerprint density at radius 2 is 2.00 bits per heavy atom. The highest BCUT2D eigenvalue weighted by molar-refractivity contribution is 6.17. The molecule has 0 atom stereocenters. The summed E-state index contributed by atoms with van der Waals surface area (Å²) < 4.78 is 5.23. The highest BCUT2D eigenvalue weighted by atomic mass is 35.5. The number of halogens is 1. The van der Waals surface area contributed by atoms with Gasteiger partial charge in [-0.1, -0.05) is 19.3 Å². The third-order valence-corrected chi connectivity index (χ3v) is 3.12. The molecule has 1 aliphatic rings. The van der Waals surface area contributed by atoms with Crippen molar-refractivity contribution in [1.82, 2.24) is 5.32 Å². The van der Waals surface area contributed by atoms with Crippen LogP contribution in [0.4, 0.5) is 0 Å². The van der Waals surface area contributed by atoms with E-state index >= 15 is 0 Å². The zero-order chi connectivity index (χ0) is 11.6. The quantitative estimate of drug-likeness (QED) is 0.554. The number of hydrogen-bond donors (Lipinski definition) is 1. The summed E-state index contributed by atoms with van der Waals surface area (Å²) in [6.07, 6.45) is 6.70. The summed E-state index contributed by atoms with van der Waals surface area (Å²) in [6, 6.07) is 0. The molecule has 0 bridgehead atoms. The molecule has 1 N–H and O–H groups in total. The zero-order valence-electron chi connectivity index (χ0n) is 9.84. The van der Waals surface area contributed by atoms with Gasteiger partial charge in [-0.05, 0) is 19.3 Å². The van der Waals surface area contributed by atoms with Crippen molar-refractivity contribution in [3.8, 4) is 0 Å². The Morgan fingerprint density at radius 1 is 1.25 bits per heavy atom. The number of carbonyl (C=O) groups is 1. The molecule has 1 amide bonds. The van der Waals surface area contributed by atoms with Crippen LogP contribution >= 0.6 is 11.6 Å². The topological polar surface area (TPSA) is 38.3 Å². The van der Waals surface area contributed by atoms with E-state index in [1.807, 2.05) is 0 Å². The van der Waals surface area contributed by atoms with E-state index in [9.17, 15) is 4.79 Å². The van der Waals surface area contributed by atoms with Gasteiger partial charge in [0, 0.05) is 24.9 Å². The number of rotatable bonds is 7. The van der Waals surface area contributed by atoms with E-state index in [0.717, 1.165) is 25.8 Å². The Morgan fingerprint density at radius 3 is 2.69 bits per heavy atom. The van der Waals surface area contributed by atoms with Crippen molar-refractivity contribution in [2.24, 2.45) is 5.92 Å².